The van der Waals surface area contributed by atoms with Gasteiger partial charge in [0.15, 0.2) is 0 Å². The fraction of sp³-hybridized carbons (Fsp3) is 1.00. The summed E-state index contributed by atoms with van der Waals surface area (Å²) >= 11 is 0. The molecule has 0 unspecified atom stereocenters. The molecule has 0 N–H and O–H groups in total. The number of sulfonamides is 1. The Morgan fingerprint density at radius 3 is 1.89 bits per heavy atom. The fourth-order valence-electron chi connectivity index (χ4n) is 3.69. The highest BCUT2D eigenvalue weighted by molar-refractivity contribution is 7.89. The third-order valence-electron chi connectivity index (χ3n) is 5.49. The van der Waals surface area contributed by atoms with E-state index in [0.717, 1.165) is 38.8 Å². The molecule has 19 heavy (non-hydrogen) atoms. The Morgan fingerprint density at radius 1 is 1.05 bits per heavy atom. The van der Waals surface area contributed by atoms with Crippen LogP contribution in [0.3, 0.4) is 0 Å². The lowest BCUT2D eigenvalue weighted by atomic mass is 9.63. The molecule has 2 aliphatic rings. The van der Waals surface area contributed by atoms with Crippen LogP contribution in [0.4, 0.5) is 0 Å². The molecular formula is C15H29NO2S. The maximum Gasteiger partial charge on any atom is 0.214 e. The summed E-state index contributed by atoms with van der Waals surface area (Å²) in [7, 11) is -2.99. The van der Waals surface area contributed by atoms with E-state index in [1.165, 1.54) is 0 Å². The highest BCUT2D eigenvalue weighted by atomic mass is 32.2. The van der Waals surface area contributed by atoms with E-state index < -0.39 is 10.0 Å². The summed E-state index contributed by atoms with van der Waals surface area (Å²) in [6, 6.07) is 0. The Balaban J connectivity index is 2.01. The second-order valence-corrected chi connectivity index (χ2v) is 9.18. The monoisotopic (exact) mass is 287 g/mol. The van der Waals surface area contributed by atoms with E-state index in [-0.39, 0.29) is 0 Å². The van der Waals surface area contributed by atoms with Crippen LogP contribution < -0.4 is 0 Å². The van der Waals surface area contributed by atoms with E-state index in [1.807, 2.05) is 0 Å². The number of piperidine rings is 1. The van der Waals surface area contributed by atoms with E-state index in [4.69, 9.17) is 0 Å². The van der Waals surface area contributed by atoms with Gasteiger partial charge >= 0.3 is 0 Å². The molecule has 112 valence electrons. The normalized spacial score (nSPS) is 25.2. The van der Waals surface area contributed by atoms with Gasteiger partial charge in [0.05, 0.1) is 5.75 Å². The standard InChI is InChI=1S/C15H29NO2S/c1-12(2)15(13(3)4)7-9-16(10-8-15)19(17,18)11-14-5-6-14/h12-14H,5-11H2,1-4H3. The molecule has 0 bridgehead atoms. The van der Waals surface area contributed by atoms with Crippen LogP contribution in [0.25, 0.3) is 0 Å². The highest BCUT2D eigenvalue weighted by Crippen LogP contribution is 2.45. The molecule has 2 rings (SSSR count). The average molecular weight is 287 g/mol. The molecule has 0 amide bonds. The van der Waals surface area contributed by atoms with Gasteiger partial charge in [-0.15, -0.1) is 0 Å². The van der Waals surface area contributed by atoms with Crippen LogP contribution in [0.15, 0.2) is 0 Å². The molecule has 0 radical (unpaired) electrons. The third kappa shape index (κ3) is 3.15. The van der Waals surface area contributed by atoms with Crippen LogP contribution in [-0.2, 0) is 10.0 Å². The van der Waals surface area contributed by atoms with Crippen molar-refractivity contribution in [1.29, 1.82) is 0 Å². The fourth-order valence-corrected chi connectivity index (χ4v) is 5.57. The largest absolute Gasteiger partial charge is 0.214 e. The predicted molar refractivity (Wildman–Crippen MR) is 79.4 cm³/mol. The van der Waals surface area contributed by atoms with Gasteiger partial charge in [0.1, 0.15) is 0 Å². The van der Waals surface area contributed by atoms with Crippen molar-refractivity contribution in [2.45, 2.75) is 53.4 Å². The molecule has 0 spiro atoms. The lowest BCUT2D eigenvalue weighted by Crippen LogP contribution is -2.48. The molecule has 0 aromatic rings. The van der Waals surface area contributed by atoms with Gasteiger partial charge in [0.25, 0.3) is 0 Å². The maximum atomic E-state index is 12.3. The van der Waals surface area contributed by atoms with Crippen LogP contribution >= 0.6 is 0 Å². The van der Waals surface area contributed by atoms with Gasteiger partial charge in [-0.25, -0.2) is 12.7 Å². The molecule has 0 aromatic heterocycles. The van der Waals surface area contributed by atoms with Crippen LogP contribution in [0.5, 0.6) is 0 Å². The van der Waals surface area contributed by atoms with Crippen molar-refractivity contribution < 1.29 is 8.42 Å². The minimum atomic E-state index is -2.99. The first-order valence-electron chi connectivity index (χ1n) is 7.76. The molecule has 0 aromatic carbocycles. The Morgan fingerprint density at radius 2 is 1.53 bits per heavy atom. The predicted octanol–water partition coefficient (Wildman–Crippen LogP) is 3.12. The number of rotatable bonds is 5. The maximum absolute atomic E-state index is 12.3. The first-order valence-corrected chi connectivity index (χ1v) is 9.36. The van der Waals surface area contributed by atoms with Gasteiger partial charge in [-0.1, -0.05) is 27.7 Å². The van der Waals surface area contributed by atoms with E-state index in [9.17, 15) is 8.42 Å². The molecule has 4 heteroatoms. The molecule has 1 saturated heterocycles. The van der Waals surface area contributed by atoms with Crippen molar-refractivity contribution in [3.63, 3.8) is 0 Å². The van der Waals surface area contributed by atoms with Crippen molar-refractivity contribution in [2.75, 3.05) is 18.8 Å². The highest BCUT2D eigenvalue weighted by Gasteiger charge is 2.43. The number of nitrogens with zero attached hydrogens (tertiary/aromatic N) is 1. The van der Waals surface area contributed by atoms with Gasteiger partial charge in [-0.05, 0) is 48.9 Å². The van der Waals surface area contributed by atoms with Crippen LogP contribution in [-0.4, -0.2) is 31.6 Å². The Labute approximate surface area is 118 Å². The first-order chi connectivity index (χ1) is 8.78. The van der Waals surface area contributed by atoms with Crippen molar-refractivity contribution in [3.05, 3.63) is 0 Å². The minimum absolute atomic E-state index is 0.325. The summed E-state index contributed by atoms with van der Waals surface area (Å²) < 4.78 is 26.4. The Kier molecular flexibility index (Phi) is 4.32. The summed E-state index contributed by atoms with van der Waals surface area (Å²) in [4.78, 5) is 0. The SMILES string of the molecule is CC(C)C1(C(C)C)CCN(S(=O)(=O)CC2CC2)CC1. The Bertz CT molecular complexity index is 392. The van der Waals surface area contributed by atoms with Gasteiger partial charge in [0, 0.05) is 13.1 Å². The number of hydrogen-bond acceptors (Lipinski definition) is 2. The van der Waals surface area contributed by atoms with Crippen molar-refractivity contribution >= 4 is 10.0 Å². The van der Waals surface area contributed by atoms with E-state index >= 15 is 0 Å². The van der Waals surface area contributed by atoms with Crippen molar-refractivity contribution in [3.8, 4) is 0 Å². The Hall–Kier alpha value is -0.0900. The summed E-state index contributed by atoms with van der Waals surface area (Å²) in [6.07, 6.45) is 4.25. The van der Waals surface area contributed by atoms with E-state index in [2.05, 4.69) is 27.7 Å². The lowest BCUT2D eigenvalue weighted by molar-refractivity contribution is 0.0439. The summed E-state index contributed by atoms with van der Waals surface area (Å²) in [5.41, 5.74) is 0.325. The first kappa shape index (κ1) is 15.3. The van der Waals surface area contributed by atoms with Gasteiger partial charge < -0.3 is 0 Å². The van der Waals surface area contributed by atoms with Gasteiger partial charge in [-0.2, -0.15) is 0 Å². The molecule has 1 heterocycles. The molecule has 3 nitrogen and oxygen atoms in total. The van der Waals surface area contributed by atoms with Crippen LogP contribution in [0.2, 0.25) is 0 Å². The molecule has 0 atom stereocenters. The van der Waals surface area contributed by atoms with Crippen LogP contribution in [0, 0.1) is 23.2 Å². The van der Waals surface area contributed by atoms with Gasteiger partial charge in [-0.3, -0.25) is 0 Å². The van der Waals surface area contributed by atoms with Gasteiger partial charge in [0.2, 0.25) is 10.0 Å². The molecule has 2 fully saturated rings. The minimum Gasteiger partial charge on any atom is -0.212 e. The second-order valence-electron chi connectivity index (χ2n) is 7.16. The second kappa shape index (κ2) is 5.36. The third-order valence-corrected chi connectivity index (χ3v) is 7.53. The van der Waals surface area contributed by atoms with Crippen molar-refractivity contribution in [1.82, 2.24) is 4.31 Å². The molecule has 1 saturated carbocycles. The van der Waals surface area contributed by atoms with E-state index in [1.54, 1.807) is 4.31 Å². The zero-order chi connectivity index (χ0) is 14.3. The van der Waals surface area contributed by atoms with Crippen LogP contribution in [0.1, 0.15) is 53.4 Å². The molecule has 1 aliphatic heterocycles. The topological polar surface area (TPSA) is 37.4 Å². The molecule has 1 aliphatic carbocycles. The number of hydrogen-bond donors (Lipinski definition) is 0. The zero-order valence-corrected chi connectivity index (χ0v) is 13.7. The lowest BCUT2D eigenvalue weighted by Gasteiger charge is -2.47. The summed E-state index contributed by atoms with van der Waals surface area (Å²) in [5.74, 6) is 2.09. The molecular weight excluding hydrogens is 258 g/mol. The zero-order valence-electron chi connectivity index (χ0n) is 12.9. The average Bonchev–Trinajstić information content (AvgIpc) is 3.11. The quantitative estimate of drug-likeness (QED) is 0.779. The smallest absolute Gasteiger partial charge is 0.212 e. The van der Waals surface area contributed by atoms with Crippen molar-refractivity contribution in [2.24, 2.45) is 23.2 Å². The van der Waals surface area contributed by atoms with E-state index in [0.29, 0.717) is 28.9 Å². The summed E-state index contributed by atoms with van der Waals surface area (Å²) in [5, 5.41) is 0. The summed E-state index contributed by atoms with van der Waals surface area (Å²) in [6.45, 7) is 10.6.